The van der Waals surface area contributed by atoms with E-state index in [1.165, 1.54) is 13.1 Å². The molecule has 0 aliphatic carbocycles. The van der Waals surface area contributed by atoms with Crippen molar-refractivity contribution >= 4 is 52.1 Å². The van der Waals surface area contributed by atoms with Crippen LogP contribution in [0.1, 0.15) is 18.1 Å². The highest BCUT2D eigenvalue weighted by molar-refractivity contribution is 6.34. The Hall–Kier alpha value is -2.76. The number of hydrogen-bond acceptors (Lipinski definition) is 3. The monoisotopic (exact) mass is 430 g/mol. The first-order chi connectivity index (χ1) is 14.0. The Morgan fingerprint density at radius 3 is 2.45 bits per heavy atom. The minimum Gasteiger partial charge on any atom is -0.462 e. The van der Waals surface area contributed by atoms with Crippen LogP contribution in [-0.2, 0) is 20.9 Å². The Balaban J connectivity index is 2.15. The van der Waals surface area contributed by atoms with Gasteiger partial charge in [0.1, 0.15) is 10.7 Å². The fourth-order valence-electron chi connectivity index (χ4n) is 3.07. The SMILES string of the molecule is CCOC(=O)/C(=C/c1c(Cl)n(Cc2ccc(Cl)cc2)c2ccccc12)C(=O)NC. The van der Waals surface area contributed by atoms with Crippen molar-refractivity contribution in [3.05, 3.63) is 75.4 Å². The Morgan fingerprint density at radius 2 is 1.79 bits per heavy atom. The molecule has 150 valence electrons. The fraction of sp³-hybridized carbons (Fsp3) is 0.182. The number of esters is 1. The summed E-state index contributed by atoms with van der Waals surface area (Å²) in [6.07, 6.45) is 1.49. The van der Waals surface area contributed by atoms with Crippen molar-refractivity contribution in [3.8, 4) is 0 Å². The summed E-state index contributed by atoms with van der Waals surface area (Å²) >= 11 is 12.7. The molecule has 1 amide bonds. The van der Waals surface area contributed by atoms with Gasteiger partial charge in [-0.05, 0) is 36.8 Å². The summed E-state index contributed by atoms with van der Waals surface area (Å²) in [6, 6.07) is 15.1. The lowest BCUT2D eigenvalue weighted by Crippen LogP contribution is -2.26. The van der Waals surface area contributed by atoms with E-state index in [0.717, 1.165) is 16.5 Å². The van der Waals surface area contributed by atoms with Gasteiger partial charge in [0.25, 0.3) is 5.91 Å². The number of nitrogens with zero attached hydrogens (tertiary/aromatic N) is 1. The Morgan fingerprint density at radius 1 is 1.10 bits per heavy atom. The van der Waals surface area contributed by atoms with E-state index in [-0.39, 0.29) is 12.2 Å². The average Bonchev–Trinajstić information content (AvgIpc) is 2.98. The number of para-hydroxylation sites is 1. The third kappa shape index (κ3) is 4.47. The normalized spacial score (nSPS) is 11.5. The minimum absolute atomic E-state index is 0.106. The molecule has 0 aliphatic rings. The van der Waals surface area contributed by atoms with E-state index in [4.69, 9.17) is 27.9 Å². The van der Waals surface area contributed by atoms with Crippen LogP contribution >= 0.6 is 23.2 Å². The van der Waals surface area contributed by atoms with Crippen LogP contribution in [0.3, 0.4) is 0 Å². The maximum Gasteiger partial charge on any atom is 0.343 e. The van der Waals surface area contributed by atoms with Gasteiger partial charge in [0.15, 0.2) is 0 Å². The van der Waals surface area contributed by atoms with Gasteiger partial charge in [-0.25, -0.2) is 4.79 Å². The van der Waals surface area contributed by atoms with Gasteiger partial charge in [-0.2, -0.15) is 0 Å². The molecule has 1 aromatic heterocycles. The lowest BCUT2D eigenvalue weighted by atomic mass is 10.1. The minimum atomic E-state index is -0.697. The van der Waals surface area contributed by atoms with Crippen LogP contribution in [0.5, 0.6) is 0 Å². The summed E-state index contributed by atoms with van der Waals surface area (Å²) in [4.78, 5) is 24.6. The average molecular weight is 431 g/mol. The molecule has 1 N–H and O–H groups in total. The van der Waals surface area contributed by atoms with Crippen molar-refractivity contribution < 1.29 is 14.3 Å². The topological polar surface area (TPSA) is 60.3 Å². The number of carbonyl (C=O) groups excluding carboxylic acids is 2. The van der Waals surface area contributed by atoms with Crippen LogP contribution < -0.4 is 5.32 Å². The number of ether oxygens (including phenoxy) is 1. The molecule has 0 spiro atoms. The second kappa shape index (κ2) is 9.16. The van der Waals surface area contributed by atoms with E-state index in [1.54, 1.807) is 6.92 Å². The van der Waals surface area contributed by atoms with Crippen LogP contribution in [0.25, 0.3) is 17.0 Å². The quantitative estimate of drug-likeness (QED) is 0.267. The lowest BCUT2D eigenvalue weighted by molar-refractivity contribution is -0.140. The number of carbonyl (C=O) groups is 2. The molecule has 2 aromatic carbocycles. The summed E-state index contributed by atoms with van der Waals surface area (Å²) in [5.41, 5.74) is 2.39. The molecular formula is C22H20Cl2N2O3. The van der Waals surface area contributed by atoms with E-state index in [2.05, 4.69) is 5.32 Å². The van der Waals surface area contributed by atoms with E-state index >= 15 is 0 Å². The molecule has 0 atom stereocenters. The molecule has 7 heteroatoms. The van der Waals surface area contributed by atoms with Crippen LogP contribution in [0.2, 0.25) is 10.2 Å². The second-order valence-corrected chi connectivity index (χ2v) is 7.09. The lowest BCUT2D eigenvalue weighted by Gasteiger charge is -2.08. The zero-order chi connectivity index (χ0) is 21.0. The number of likely N-dealkylation sites (N-methyl/N-ethyl adjacent to an activating group) is 1. The van der Waals surface area contributed by atoms with E-state index in [0.29, 0.717) is 22.3 Å². The van der Waals surface area contributed by atoms with Gasteiger partial charge in [0.05, 0.1) is 12.1 Å². The smallest absolute Gasteiger partial charge is 0.343 e. The molecule has 0 unspecified atom stereocenters. The summed E-state index contributed by atoms with van der Waals surface area (Å²) in [7, 11) is 1.46. The van der Waals surface area contributed by atoms with E-state index in [1.807, 2.05) is 53.1 Å². The Labute approximate surface area is 178 Å². The van der Waals surface area contributed by atoms with Crippen molar-refractivity contribution in [1.82, 2.24) is 9.88 Å². The van der Waals surface area contributed by atoms with Gasteiger partial charge in [0.2, 0.25) is 0 Å². The number of nitrogens with one attached hydrogen (secondary N) is 1. The van der Waals surface area contributed by atoms with Gasteiger partial charge in [-0.1, -0.05) is 53.5 Å². The molecular weight excluding hydrogens is 411 g/mol. The van der Waals surface area contributed by atoms with Crippen LogP contribution in [0, 0.1) is 0 Å². The van der Waals surface area contributed by atoms with Crippen molar-refractivity contribution in [2.75, 3.05) is 13.7 Å². The summed E-state index contributed by atoms with van der Waals surface area (Å²) in [5, 5.41) is 4.39. The highest BCUT2D eigenvalue weighted by atomic mass is 35.5. The number of benzene rings is 2. The van der Waals surface area contributed by atoms with Gasteiger partial charge in [-0.15, -0.1) is 0 Å². The molecule has 3 rings (SSSR count). The number of fused-ring (bicyclic) bond motifs is 1. The van der Waals surface area contributed by atoms with Crippen LogP contribution in [0.15, 0.2) is 54.1 Å². The number of rotatable bonds is 6. The standard InChI is InChI=1S/C22H20Cl2N2O3/c1-3-29-22(28)18(21(27)25-2)12-17-16-6-4-5-7-19(16)26(20(17)24)13-14-8-10-15(23)11-9-14/h4-12H,3,13H2,1-2H3,(H,25,27)/b18-12+. The maximum absolute atomic E-state index is 12.3. The largest absolute Gasteiger partial charge is 0.462 e. The van der Waals surface area contributed by atoms with Crippen molar-refractivity contribution in [1.29, 1.82) is 0 Å². The molecule has 0 bridgehead atoms. The summed E-state index contributed by atoms with van der Waals surface area (Å²) in [6.45, 7) is 2.36. The predicted octanol–water partition coefficient (Wildman–Crippen LogP) is 4.69. The van der Waals surface area contributed by atoms with Crippen LogP contribution in [0.4, 0.5) is 0 Å². The van der Waals surface area contributed by atoms with Crippen molar-refractivity contribution in [2.45, 2.75) is 13.5 Å². The summed E-state index contributed by atoms with van der Waals surface area (Å²) < 4.78 is 6.96. The van der Waals surface area contributed by atoms with Crippen LogP contribution in [-0.4, -0.2) is 30.1 Å². The first-order valence-corrected chi connectivity index (χ1v) is 9.84. The second-order valence-electron chi connectivity index (χ2n) is 6.29. The highest BCUT2D eigenvalue weighted by Gasteiger charge is 2.22. The third-order valence-electron chi connectivity index (χ3n) is 4.45. The Bertz CT molecular complexity index is 1090. The first-order valence-electron chi connectivity index (χ1n) is 9.08. The molecule has 1 heterocycles. The number of hydrogen-bond donors (Lipinski definition) is 1. The number of aromatic nitrogens is 1. The van der Waals surface area contributed by atoms with E-state index in [9.17, 15) is 9.59 Å². The fourth-order valence-corrected chi connectivity index (χ4v) is 3.50. The molecule has 0 radical (unpaired) electrons. The van der Waals surface area contributed by atoms with Gasteiger partial charge in [-0.3, -0.25) is 4.79 Å². The van der Waals surface area contributed by atoms with Crippen molar-refractivity contribution in [3.63, 3.8) is 0 Å². The number of amides is 1. The predicted molar refractivity (Wildman–Crippen MR) is 116 cm³/mol. The molecule has 3 aromatic rings. The highest BCUT2D eigenvalue weighted by Crippen LogP contribution is 2.33. The molecule has 29 heavy (non-hydrogen) atoms. The number of halogens is 2. The maximum atomic E-state index is 12.3. The summed E-state index contributed by atoms with van der Waals surface area (Å²) in [5.74, 6) is -1.23. The van der Waals surface area contributed by atoms with Crippen molar-refractivity contribution in [2.24, 2.45) is 0 Å². The molecule has 0 saturated heterocycles. The first kappa shape index (κ1) is 21.0. The van der Waals surface area contributed by atoms with Gasteiger partial charge >= 0.3 is 5.97 Å². The van der Waals surface area contributed by atoms with E-state index < -0.39 is 11.9 Å². The Kier molecular flexibility index (Phi) is 6.62. The molecule has 0 aliphatic heterocycles. The van der Waals surface area contributed by atoms with Gasteiger partial charge < -0.3 is 14.6 Å². The third-order valence-corrected chi connectivity index (χ3v) is 5.11. The molecule has 0 saturated carbocycles. The van der Waals surface area contributed by atoms with Gasteiger partial charge in [0, 0.05) is 29.6 Å². The molecule has 0 fully saturated rings. The molecule has 5 nitrogen and oxygen atoms in total. The zero-order valence-electron chi connectivity index (χ0n) is 16.0. The zero-order valence-corrected chi connectivity index (χ0v) is 17.6.